The maximum Gasteiger partial charge on any atom is 0.0867 e. The highest BCUT2D eigenvalue weighted by molar-refractivity contribution is 5.26. The van der Waals surface area contributed by atoms with E-state index >= 15 is 0 Å². The predicted octanol–water partition coefficient (Wildman–Crippen LogP) is 2.14. The van der Waals surface area contributed by atoms with Crippen molar-refractivity contribution < 1.29 is 14.9 Å². The lowest BCUT2D eigenvalue weighted by molar-refractivity contribution is -0.0836. The molecule has 0 radical (unpaired) electrons. The smallest absolute Gasteiger partial charge is 0.0867 e. The van der Waals surface area contributed by atoms with Crippen LogP contribution in [0.1, 0.15) is 19.4 Å². The van der Waals surface area contributed by atoms with Gasteiger partial charge in [0.25, 0.3) is 0 Å². The van der Waals surface area contributed by atoms with Gasteiger partial charge in [-0.05, 0) is 5.56 Å². The van der Waals surface area contributed by atoms with Crippen LogP contribution in [0.4, 0.5) is 0 Å². The first-order chi connectivity index (χ1) is 9.02. The van der Waals surface area contributed by atoms with E-state index in [1.54, 1.807) is 0 Å². The molecule has 3 atom stereocenters. The highest BCUT2D eigenvalue weighted by Gasteiger charge is 2.51. The summed E-state index contributed by atoms with van der Waals surface area (Å²) in [5.74, 6) is 0. The Morgan fingerprint density at radius 1 is 1.16 bits per heavy atom. The number of aliphatic hydroxyl groups is 2. The standard InChI is InChI=1S/C16H22O3/c1-15(8-9-16(15,2)14(18)10-17)12-19-11-13-6-4-3-5-7-13/h3-9,14,17-18H,10-12H2,1-2H3/t14-,15+,16-/m1/s1. The average molecular weight is 262 g/mol. The quantitative estimate of drug-likeness (QED) is 0.772. The summed E-state index contributed by atoms with van der Waals surface area (Å²) < 4.78 is 5.77. The predicted molar refractivity (Wildman–Crippen MR) is 74.5 cm³/mol. The number of hydrogen-bond donors (Lipinski definition) is 2. The van der Waals surface area contributed by atoms with Gasteiger partial charge >= 0.3 is 0 Å². The number of rotatable bonds is 6. The molecule has 3 heteroatoms. The second-order valence-electron chi connectivity index (χ2n) is 5.71. The fourth-order valence-corrected chi connectivity index (χ4v) is 2.47. The van der Waals surface area contributed by atoms with Crippen molar-refractivity contribution in [3.05, 3.63) is 48.0 Å². The highest BCUT2D eigenvalue weighted by atomic mass is 16.5. The lowest BCUT2D eigenvalue weighted by atomic mass is 9.55. The minimum absolute atomic E-state index is 0.227. The molecule has 0 heterocycles. The molecule has 0 saturated heterocycles. The summed E-state index contributed by atoms with van der Waals surface area (Å²) in [6, 6.07) is 10.0. The molecule has 0 saturated carbocycles. The van der Waals surface area contributed by atoms with Gasteiger partial charge in [0.2, 0.25) is 0 Å². The van der Waals surface area contributed by atoms with Gasteiger partial charge in [-0.1, -0.05) is 56.3 Å². The van der Waals surface area contributed by atoms with Crippen LogP contribution in [0.25, 0.3) is 0 Å². The molecule has 0 aromatic heterocycles. The van der Waals surface area contributed by atoms with E-state index in [0.717, 1.165) is 5.56 Å². The molecule has 1 aliphatic rings. The monoisotopic (exact) mass is 262 g/mol. The van der Waals surface area contributed by atoms with Crippen molar-refractivity contribution in [3.63, 3.8) is 0 Å². The molecule has 0 aliphatic heterocycles. The van der Waals surface area contributed by atoms with Crippen LogP contribution in [-0.2, 0) is 11.3 Å². The fourth-order valence-electron chi connectivity index (χ4n) is 2.47. The number of hydrogen-bond acceptors (Lipinski definition) is 3. The summed E-state index contributed by atoms with van der Waals surface area (Å²) in [7, 11) is 0. The van der Waals surface area contributed by atoms with Crippen molar-refractivity contribution in [1.82, 2.24) is 0 Å². The third kappa shape index (κ3) is 2.59. The molecule has 0 amide bonds. The molecular weight excluding hydrogens is 240 g/mol. The van der Waals surface area contributed by atoms with Crippen LogP contribution in [0.2, 0.25) is 0 Å². The van der Waals surface area contributed by atoms with E-state index in [9.17, 15) is 5.11 Å². The molecule has 0 bridgehead atoms. The molecule has 2 N–H and O–H groups in total. The summed E-state index contributed by atoms with van der Waals surface area (Å²) in [5.41, 5.74) is 0.487. The first-order valence-electron chi connectivity index (χ1n) is 6.63. The van der Waals surface area contributed by atoms with Gasteiger partial charge in [0.15, 0.2) is 0 Å². The van der Waals surface area contributed by atoms with Gasteiger partial charge < -0.3 is 14.9 Å². The molecule has 3 nitrogen and oxygen atoms in total. The Morgan fingerprint density at radius 3 is 2.37 bits per heavy atom. The summed E-state index contributed by atoms with van der Waals surface area (Å²) in [4.78, 5) is 0. The van der Waals surface area contributed by atoms with Crippen LogP contribution in [0, 0.1) is 10.8 Å². The Balaban J connectivity index is 1.91. The summed E-state index contributed by atoms with van der Waals surface area (Å²) in [5, 5.41) is 19.1. The number of benzene rings is 1. The molecule has 2 rings (SSSR count). The van der Waals surface area contributed by atoms with Crippen LogP contribution in [-0.4, -0.2) is 29.5 Å². The maximum absolute atomic E-state index is 9.93. The van der Waals surface area contributed by atoms with Crippen LogP contribution < -0.4 is 0 Å². The number of ether oxygens (including phenoxy) is 1. The molecule has 0 unspecified atom stereocenters. The Bertz CT molecular complexity index is 443. The second kappa shape index (κ2) is 5.45. The van der Waals surface area contributed by atoms with Crippen LogP contribution in [0.3, 0.4) is 0 Å². The molecule has 0 fully saturated rings. The van der Waals surface area contributed by atoms with Crippen LogP contribution in [0.5, 0.6) is 0 Å². The van der Waals surface area contributed by atoms with Gasteiger partial charge in [0, 0.05) is 10.8 Å². The zero-order valence-corrected chi connectivity index (χ0v) is 11.5. The first kappa shape index (κ1) is 14.3. The fraction of sp³-hybridized carbons (Fsp3) is 0.500. The van der Waals surface area contributed by atoms with Crippen molar-refractivity contribution in [2.24, 2.45) is 10.8 Å². The van der Waals surface area contributed by atoms with Crippen LogP contribution in [0.15, 0.2) is 42.5 Å². The van der Waals surface area contributed by atoms with E-state index in [4.69, 9.17) is 9.84 Å². The van der Waals surface area contributed by atoms with E-state index < -0.39 is 11.5 Å². The third-order valence-electron chi connectivity index (χ3n) is 4.41. The minimum atomic E-state index is -0.747. The van der Waals surface area contributed by atoms with Gasteiger partial charge in [0.1, 0.15) is 0 Å². The maximum atomic E-state index is 9.93. The normalized spacial score (nSPS) is 30.9. The van der Waals surface area contributed by atoms with Crippen molar-refractivity contribution in [2.75, 3.05) is 13.2 Å². The molecule has 19 heavy (non-hydrogen) atoms. The topological polar surface area (TPSA) is 49.7 Å². The SMILES string of the molecule is C[C@@]1(COCc2ccccc2)C=C[C@]1(C)[C@H](O)CO. The highest BCUT2D eigenvalue weighted by Crippen LogP contribution is 2.52. The third-order valence-corrected chi connectivity index (χ3v) is 4.41. The lowest BCUT2D eigenvalue weighted by Gasteiger charge is -2.52. The summed E-state index contributed by atoms with van der Waals surface area (Å²) >= 11 is 0. The van der Waals surface area contributed by atoms with Gasteiger partial charge in [-0.2, -0.15) is 0 Å². The van der Waals surface area contributed by atoms with Crippen molar-refractivity contribution >= 4 is 0 Å². The molecule has 1 aliphatic carbocycles. The van der Waals surface area contributed by atoms with Gasteiger partial charge in [-0.3, -0.25) is 0 Å². The minimum Gasteiger partial charge on any atom is -0.394 e. The van der Waals surface area contributed by atoms with E-state index in [0.29, 0.717) is 13.2 Å². The second-order valence-corrected chi connectivity index (χ2v) is 5.71. The largest absolute Gasteiger partial charge is 0.394 e. The van der Waals surface area contributed by atoms with Gasteiger partial charge in [-0.25, -0.2) is 0 Å². The molecule has 1 aromatic rings. The van der Waals surface area contributed by atoms with Crippen molar-refractivity contribution in [2.45, 2.75) is 26.6 Å². The summed E-state index contributed by atoms with van der Waals surface area (Å²) in [6.45, 7) is 4.88. The Labute approximate surface area is 114 Å². The zero-order chi connectivity index (χ0) is 13.9. The Kier molecular flexibility index (Phi) is 4.09. The van der Waals surface area contributed by atoms with Crippen molar-refractivity contribution in [3.8, 4) is 0 Å². The molecule has 104 valence electrons. The lowest BCUT2D eigenvalue weighted by Crippen LogP contribution is -2.53. The van der Waals surface area contributed by atoms with Gasteiger partial charge in [0.05, 0.1) is 25.9 Å². The van der Waals surface area contributed by atoms with Crippen LogP contribution >= 0.6 is 0 Å². The van der Waals surface area contributed by atoms with Gasteiger partial charge in [-0.15, -0.1) is 0 Å². The van der Waals surface area contributed by atoms with E-state index in [-0.39, 0.29) is 12.0 Å². The van der Waals surface area contributed by atoms with Crippen molar-refractivity contribution in [1.29, 1.82) is 0 Å². The number of aliphatic hydroxyl groups excluding tert-OH is 2. The molecule has 1 aromatic carbocycles. The van der Waals surface area contributed by atoms with E-state index in [2.05, 4.69) is 13.0 Å². The Hall–Kier alpha value is -1.16. The average Bonchev–Trinajstić information content (AvgIpc) is 2.45. The van der Waals surface area contributed by atoms with E-state index in [1.807, 2.05) is 43.3 Å². The first-order valence-corrected chi connectivity index (χ1v) is 6.63. The molecule has 0 spiro atoms. The van der Waals surface area contributed by atoms with E-state index in [1.165, 1.54) is 0 Å². The zero-order valence-electron chi connectivity index (χ0n) is 11.5. The summed E-state index contributed by atoms with van der Waals surface area (Å²) in [6.07, 6.45) is 3.26. The molecular formula is C16H22O3. The Morgan fingerprint density at radius 2 is 1.84 bits per heavy atom.